The molecule has 1 fully saturated rings. The summed E-state index contributed by atoms with van der Waals surface area (Å²) in [6.45, 7) is 0.922. The van der Waals surface area contributed by atoms with Gasteiger partial charge in [0.25, 0.3) is 0 Å². The van der Waals surface area contributed by atoms with Crippen LogP contribution in [0.3, 0.4) is 0 Å². The molecular weight excluding hydrogens is 188 g/mol. The summed E-state index contributed by atoms with van der Waals surface area (Å²) in [5.41, 5.74) is 1.22. The van der Waals surface area contributed by atoms with Crippen LogP contribution in [0.1, 0.15) is 18.4 Å². The smallest absolute Gasteiger partial charge is 0.0970 e. The van der Waals surface area contributed by atoms with E-state index in [1.165, 1.54) is 5.56 Å². The maximum absolute atomic E-state index is 8.95. The second-order valence-corrected chi connectivity index (χ2v) is 3.81. The molecule has 1 unspecified atom stereocenters. The molecule has 1 aromatic rings. The van der Waals surface area contributed by atoms with Gasteiger partial charge in [-0.05, 0) is 12.0 Å². The number of amidine groups is 1. The average Bonchev–Trinajstić information content (AvgIpc) is 2.76. The summed E-state index contributed by atoms with van der Waals surface area (Å²) < 4.78 is 0. The maximum Gasteiger partial charge on any atom is 0.0970 e. The van der Waals surface area contributed by atoms with Gasteiger partial charge < -0.3 is 10.4 Å². The highest BCUT2D eigenvalue weighted by Gasteiger charge is 2.17. The Morgan fingerprint density at radius 3 is 2.80 bits per heavy atom. The molecule has 0 spiro atoms. The quantitative estimate of drug-likeness (QED) is 0.780. The van der Waals surface area contributed by atoms with Gasteiger partial charge in [0.1, 0.15) is 0 Å². The Labute approximate surface area is 89.9 Å². The largest absolute Gasteiger partial charge is 0.394 e. The highest BCUT2D eigenvalue weighted by Crippen LogP contribution is 2.08. The number of rotatable bonds is 3. The van der Waals surface area contributed by atoms with Crippen molar-refractivity contribution in [3.05, 3.63) is 35.9 Å². The number of benzene rings is 1. The highest BCUT2D eigenvalue weighted by atomic mass is 16.3. The van der Waals surface area contributed by atoms with Crippen molar-refractivity contribution in [2.75, 3.05) is 6.61 Å². The molecule has 0 amide bonds. The lowest BCUT2D eigenvalue weighted by Crippen LogP contribution is -2.28. The lowest BCUT2D eigenvalue weighted by Gasteiger charge is -2.05. The Bertz CT molecular complexity index is 335. The minimum absolute atomic E-state index is 0.199. The number of aliphatic imine (C=N–C) groups is 1. The van der Waals surface area contributed by atoms with Crippen LogP contribution in [-0.2, 0) is 6.54 Å². The highest BCUT2D eigenvalue weighted by molar-refractivity contribution is 5.84. The van der Waals surface area contributed by atoms with Gasteiger partial charge in [-0.1, -0.05) is 30.3 Å². The Morgan fingerprint density at radius 2 is 2.13 bits per heavy atom. The first-order valence-electron chi connectivity index (χ1n) is 5.33. The molecule has 0 aromatic heterocycles. The van der Waals surface area contributed by atoms with E-state index in [0.717, 1.165) is 25.2 Å². The molecule has 1 aliphatic rings. The number of nitrogens with one attached hydrogen (secondary N) is 1. The van der Waals surface area contributed by atoms with Gasteiger partial charge in [-0.2, -0.15) is 0 Å². The standard InChI is InChI=1S/C12H16N2O/c15-9-11-6-7-12(14-11)13-8-10-4-2-1-3-5-10/h1-5,11,15H,6-9H2,(H,13,14). The first-order chi connectivity index (χ1) is 7.38. The van der Waals surface area contributed by atoms with E-state index in [0.29, 0.717) is 0 Å². The van der Waals surface area contributed by atoms with Gasteiger partial charge in [-0.3, -0.25) is 4.99 Å². The van der Waals surface area contributed by atoms with Crippen molar-refractivity contribution in [1.82, 2.24) is 5.32 Å². The fourth-order valence-electron chi connectivity index (χ4n) is 1.72. The Morgan fingerprint density at radius 1 is 1.33 bits per heavy atom. The number of nitrogens with zero attached hydrogens (tertiary/aromatic N) is 1. The van der Waals surface area contributed by atoms with E-state index in [2.05, 4.69) is 22.4 Å². The van der Waals surface area contributed by atoms with Crippen LogP contribution in [0.5, 0.6) is 0 Å². The van der Waals surface area contributed by atoms with Gasteiger partial charge in [0.15, 0.2) is 0 Å². The molecule has 1 heterocycles. The zero-order chi connectivity index (χ0) is 10.5. The predicted molar refractivity (Wildman–Crippen MR) is 60.8 cm³/mol. The van der Waals surface area contributed by atoms with E-state index in [1.54, 1.807) is 0 Å². The monoisotopic (exact) mass is 204 g/mol. The minimum Gasteiger partial charge on any atom is -0.394 e. The van der Waals surface area contributed by atoms with Gasteiger partial charge in [0.05, 0.1) is 25.0 Å². The molecule has 2 rings (SSSR count). The summed E-state index contributed by atoms with van der Waals surface area (Å²) in [5.74, 6) is 1.03. The maximum atomic E-state index is 8.95. The van der Waals surface area contributed by atoms with Crippen LogP contribution >= 0.6 is 0 Å². The van der Waals surface area contributed by atoms with Crippen molar-refractivity contribution in [1.29, 1.82) is 0 Å². The first kappa shape index (κ1) is 10.2. The molecule has 3 nitrogen and oxygen atoms in total. The third-order valence-corrected chi connectivity index (χ3v) is 2.62. The van der Waals surface area contributed by atoms with E-state index < -0.39 is 0 Å². The molecule has 3 heteroatoms. The van der Waals surface area contributed by atoms with Crippen LogP contribution in [0.4, 0.5) is 0 Å². The van der Waals surface area contributed by atoms with Crippen molar-refractivity contribution in [2.24, 2.45) is 4.99 Å². The SMILES string of the molecule is OCC1CCC(=NCc2ccccc2)N1. The van der Waals surface area contributed by atoms with Crippen molar-refractivity contribution in [2.45, 2.75) is 25.4 Å². The van der Waals surface area contributed by atoms with Gasteiger partial charge in [-0.25, -0.2) is 0 Å². The molecule has 0 radical (unpaired) electrons. The number of hydrogen-bond acceptors (Lipinski definition) is 2. The molecule has 15 heavy (non-hydrogen) atoms. The molecule has 1 aromatic carbocycles. The number of hydrogen-bond donors (Lipinski definition) is 2. The molecule has 1 atom stereocenters. The first-order valence-corrected chi connectivity index (χ1v) is 5.33. The zero-order valence-electron chi connectivity index (χ0n) is 8.69. The Kier molecular flexibility index (Phi) is 3.35. The molecule has 0 bridgehead atoms. The molecule has 1 saturated heterocycles. The van der Waals surface area contributed by atoms with Gasteiger partial charge in [0, 0.05) is 6.42 Å². The van der Waals surface area contributed by atoms with E-state index >= 15 is 0 Å². The fraction of sp³-hybridized carbons (Fsp3) is 0.417. The number of aliphatic hydroxyl groups excluding tert-OH is 1. The summed E-state index contributed by atoms with van der Waals surface area (Å²) in [7, 11) is 0. The van der Waals surface area contributed by atoms with Crippen molar-refractivity contribution in [3.8, 4) is 0 Å². The lowest BCUT2D eigenvalue weighted by atomic mass is 10.2. The van der Waals surface area contributed by atoms with Crippen LogP contribution in [0.2, 0.25) is 0 Å². The molecular formula is C12H16N2O. The number of aliphatic hydroxyl groups is 1. The van der Waals surface area contributed by atoms with Crippen molar-refractivity contribution < 1.29 is 5.11 Å². The van der Waals surface area contributed by atoms with Crippen LogP contribution in [0.15, 0.2) is 35.3 Å². The molecule has 0 saturated carbocycles. The van der Waals surface area contributed by atoms with Crippen molar-refractivity contribution in [3.63, 3.8) is 0 Å². The molecule has 2 N–H and O–H groups in total. The molecule has 1 aliphatic heterocycles. The zero-order valence-corrected chi connectivity index (χ0v) is 8.69. The van der Waals surface area contributed by atoms with Crippen LogP contribution in [-0.4, -0.2) is 23.6 Å². The third kappa shape index (κ3) is 2.80. The van der Waals surface area contributed by atoms with E-state index in [1.807, 2.05) is 18.2 Å². The second kappa shape index (κ2) is 4.94. The summed E-state index contributed by atoms with van der Waals surface area (Å²) in [4.78, 5) is 4.49. The normalized spacial score (nSPS) is 23.0. The van der Waals surface area contributed by atoms with E-state index in [9.17, 15) is 0 Å². The van der Waals surface area contributed by atoms with Gasteiger partial charge in [-0.15, -0.1) is 0 Å². The van der Waals surface area contributed by atoms with Crippen LogP contribution in [0, 0.1) is 0 Å². The summed E-state index contributed by atoms with van der Waals surface area (Å²) in [6.07, 6.45) is 1.95. The van der Waals surface area contributed by atoms with Gasteiger partial charge >= 0.3 is 0 Å². The second-order valence-electron chi connectivity index (χ2n) is 3.81. The van der Waals surface area contributed by atoms with Crippen LogP contribution < -0.4 is 5.32 Å². The van der Waals surface area contributed by atoms with Crippen LogP contribution in [0.25, 0.3) is 0 Å². The Balaban J connectivity index is 1.90. The van der Waals surface area contributed by atoms with Gasteiger partial charge in [0.2, 0.25) is 0 Å². The third-order valence-electron chi connectivity index (χ3n) is 2.62. The Hall–Kier alpha value is -1.35. The van der Waals surface area contributed by atoms with E-state index in [4.69, 9.17) is 5.11 Å². The lowest BCUT2D eigenvalue weighted by molar-refractivity contribution is 0.258. The summed E-state index contributed by atoms with van der Waals surface area (Å²) in [5, 5.41) is 12.2. The predicted octanol–water partition coefficient (Wildman–Crippen LogP) is 1.33. The van der Waals surface area contributed by atoms with E-state index in [-0.39, 0.29) is 12.6 Å². The average molecular weight is 204 g/mol. The summed E-state index contributed by atoms with van der Waals surface area (Å²) >= 11 is 0. The topological polar surface area (TPSA) is 44.6 Å². The fourth-order valence-corrected chi connectivity index (χ4v) is 1.72. The summed E-state index contributed by atoms with van der Waals surface area (Å²) in [6, 6.07) is 10.4. The minimum atomic E-state index is 0.199. The molecule has 0 aliphatic carbocycles. The molecule has 80 valence electrons. The van der Waals surface area contributed by atoms with Crippen molar-refractivity contribution >= 4 is 5.84 Å².